The number of likely N-dealkylation sites (tertiary alicyclic amines) is 1. The first-order valence-corrected chi connectivity index (χ1v) is 16.1. The molecule has 2 heterocycles. The molecule has 5 rings (SSSR count). The van der Waals surface area contributed by atoms with Gasteiger partial charge in [-0.15, -0.1) is 0 Å². The SMILES string of the molecule is CC.CC.CN(C)Cc1cccc(NC(=O)CCc2c[nH]c3ccccc23)c1.COc1ccccc1C1CCN(C(N)=O)CC1. The second-order valence-corrected chi connectivity index (χ2v) is 10.7. The highest BCUT2D eigenvalue weighted by atomic mass is 16.5. The number of nitrogens with one attached hydrogen (secondary N) is 2. The number of urea groups is 1. The quantitative estimate of drug-likeness (QED) is 0.188. The number of benzene rings is 3. The van der Waals surface area contributed by atoms with E-state index in [0.29, 0.717) is 12.3 Å². The Morgan fingerprint density at radius 2 is 1.62 bits per heavy atom. The van der Waals surface area contributed by atoms with Gasteiger partial charge >= 0.3 is 6.03 Å². The van der Waals surface area contributed by atoms with E-state index in [0.717, 1.165) is 55.9 Å². The second kappa shape index (κ2) is 19.9. The number of piperidine rings is 1. The van der Waals surface area contributed by atoms with Crippen LogP contribution in [0.25, 0.3) is 10.9 Å². The maximum atomic E-state index is 12.2. The van der Waals surface area contributed by atoms with E-state index in [4.69, 9.17) is 10.5 Å². The smallest absolute Gasteiger partial charge is 0.314 e. The Morgan fingerprint density at radius 3 is 2.29 bits per heavy atom. The van der Waals surface area contributed by atoms with E-state index in [2.05, 4.69) is 39.5 Å². The van der Waals surface area contributed by atoms with E-state index in [1.807, 2.05) is 96.5 Å². The lowest BCUT2D eigenvalue weighted by molar-refractivity contribution is -0.116. The summed E-state index contributed by atoms with van der Waals surface area (Å²) in [6.45, 7) is 10.3. The normalized spacial score (nSPS) is 12.6. The molecule has 1 saturated heterocycles. The van der Waals surface area contributed by atoms with Crippen LogP contribution >= 0.6 is 0 Å². The van der Waals surface area contributed by atoms with E-state index >= 15 is 0 Å². The molecule has 4 aromatic rings. The molecule has 3 aromatic carbocycles. The average molecular weight is 616 g/mol. The van der Waals surface area contributed by atoms with E-state index in [1.165, 1.54) is 22.1 Å². The average Bonchev–Trinajstić information content (AvgIpc) is 3.49. The highest BCUT2D eigenvalue weighted by Gasteiger charge is 2.24. The van der Waals surface area contributed by atoms with Crippen molar-refractivity contribution in [3.05, 3.63) is 95.7 Å². The van der Waals surface area contributed by atoms with Crippen LogP contribution in [0.15, 0.2) is 79.0 Å². The Balaban J connectivity index is 0.000000296. The standard InChI is InChI=1S/C20H23N3O.C13H18N2O2.2C2H6/c1-23(2)14-15-6-5-7-17(12-15)22-20(24)11-10-16-13-21-19-9-4-3-8-18(16)19;1-17-12-5-3-2-4-11(12)10-6-8-15(9-7-10)13(14)16;2*1-2/h3-9,12-13,21H,10-11,14H2,1-2H3,(H,22,24);2-5,10H,6-9H2,1H3,(H2,14,16);2*1-2H3. The molecule has 0 atom stereocenters. The lowest BCUT2D eigenvalue weighted by Gasteiger charge is -2.31. The number of methoxy groups -OCH3 is 1. The van der Waals surface area contributed by atoms with Crippen molar-refractivity contribution in [1.29, 1.82) is 0 Å². The largest absolute Gasteiger partial charge is 0.496 e. The van der Waals surface area contributed by atoms with Crippen LogP contribution in [-0.2, 0) is 17.8 Å². The number of aryl methyl sites for hydroxylation is 1. The number of fused-ring (bicyclic) bond motifs is 1. The summed E-state index contributed by atoms with van der Waals surface area (Å²) in [5.74, 6) is 1.44. The zero-order valence-corrected chi connectivity index (χ0v) is 28.2. The molecule has 1 fully saturated rings. The van der Waals surface area contributed by atoms with Crippen LogP contribution in [0.2, 0.25) is 0 Å². The molecule has 0 saturated carbocycles. The Bertz CT molecular complexity index is 1440. The monoisotopic (exact) mass is 615 g/mol. The number of carbonyl (C=O) groups excluding carboxylic acids is 2. The summed E-state index contributed by atoms with van der Waals surface area (Å²) in [5, 5.41) is 4.19. The van der Waals surface area contributed by atoms with Crippen molar-refractivity contribution >= 4 is 28.5 Å². The molecule has 0 spiro atoms. The van der Waals surface area contributed by atoms with Gasteiger partial charge in [-0.3, -0.25) is 4.79 Å². The Kier molecular flexibility index (Phi) is 16.3. The number of carbonyl (C=O) groups is 2. The van der Waals surface area contributed by atoms with Crippen molar-refractivity contribution in [2.45, 2.75) is 65.8 Å². The van der Waals surface area contributed by atoms with Crippen molar-refractivity contribution in [2.24, 2.45) is 5.73 Å². The van der Waals surface area contributed by atoms with E-state index in [9.17, 15) is 9.59 Å². The zero-order chi connectivity index (χ0) is 33.2. The molecule has 4 N–H and O–H groups in total. The number of hydrogen-bond acceptors (Lipinski definition) is 4. The number of amides is 3. The highest BCUT2D eigenvalue weighted by molar-refractivity contribution is 5.91. The summed E-state index contributed by atoms with van der Waals surface area (Å²) in [6.07, 6.45) is 5.09. The number of nitrogens with two attached hydrogens (primary N) is 1. The lowest BCUT2D eigenvalue weighted by atomic mass is 9.89. The number of H-pyrrole nitrogens is 1. The summed E-state index contributed by atoms with van der Waals surface area (Å²) >= 11 is 0. The molecule has 0 radical (unpaired) electrons. The van der Waals surface area contributed by atoms with Gasteiger partial charge in [0, 0.05) is 48.8 Å². The molecule has 0 aliphatic carbocycles. The summed E-state index contributed by atoms with van der Waals surface area (Å²) in [5.41, 5.74) is 10.9. The van der Waals surface area contributed by atoms with E-state index in [1.54, 1.807) is 12.0 Å². The fourth-order valence-corrected chi connectivity index (χ4v) is 5.34. The van der Waals surface area contributed by atoms with Gasteiger partial charge in [-0.25, -0.2) is 4.79 Å². The van der Waals surface area contributed by atoms with Crippen LogP contribution in [0, 0.1) is 0 Å². The van der Waals surface area contributed by atoms with Crippen LogP contribution in [-0.4, -0.2) is 61.0 Å². The zero-order valence-electron chi connectivity index (χ0n) is 28.2. The van der Waals surface area contributed by atoms with Gasteiger partial charge in [0.15, 0.2) is 0 Å². The number of rotatable bonds is 8. The molecule has 45 heavy (non-hydrogen) atoms. The molecule has 8 heteroatoms. The summed E-state index contributed by atoms with van der Waals surface area (Å²) in [7, 11) is 5.76. The third kappa shape index (κ3) is 11.6. The van der Waals surface area contributed by atoms with Crippen molar-refractivity contribution in [2.75, 3.05) is 39.6 Å². The van der Waals surface area contributed by atoms with Crippen molar-refractivity contribution in [3.63, 3.8) is 0 Å². The van der Waals surface area contributed by atoms with Gasteiger partial charge in [-0.05, 0) is 80.2 Å². The maximum absolute atomic E-state index is 12.2. The van der Waals surface area contributed by atoms with Gasteiger partial charge in [0.25, 0.3) is 0 Å². The molecular formula is C37H53N5O3. The van der Waals surface area contributed by atoms with Crippen molar-refractivity contribution in [3.8, 4) is 5.75 Å². The van der Waals surface area contributed by atoms with E-state index in [-0.39, 0.29) is 11.9 Å². The minimum absolute atomic E-state index is 0.0438. The number of nitrogens with zero attached hydrogens (tertiary/aromatic N) is 2. The minimum atomic E-state index is -0.316. The fourth-order valence-electron chi connectivity index (χ4n) is 5.34. The first-order valence-electron chi connectivity index (χ1n) is 16.1. The van der Waals surface area contributed by atoms with Gasteiger partial charge in [0.1, 0.15) is 5.75 Å². The molecular weight excluding hydrogens is 562 g/mol. The van der Waals surface area contributed by atoms with Crippen LogP contribution in [0.3, 0.4) is 0 Å². The van der Waals surface area contributed by atoms with Crippen LogP contribution in [0.5, 0.6) is 5.75 Å². The summed E-state index contributed by atoms with van der Waals surface area (Å²) in [4.78, 5) is 30.3. The molecule has 8 nitrogen and oxygen atoms in total. The summed E-state index contributed by atoms with van der Waals surface area (Å²) in [6, 6.07) is 24.0. The van der Waals surface area contributed by atoms with Gasteiger partial charge in [0.05, 0.1) is 7.11 Å². The van der Waals surface area contributed by atoms with Crippen LogP contribution in [0.4, 0.5) is 10.5 Å². The Labute approximate surface area is 269 Å². The van der Waals surface area contributed by atoms with Crippen LogP contribution < -0.4 is 15.8 Å². The molecule has 0 unspecified atom stereocenters. The Hall–Kier alpha value is -4.30. The molecule has 1 aromatic heterocycles. The van der Waals surface area contributed by atoms with Gasteiger partial charge in [-0.2, -0.15) is 0 Å². The van der Waals surface area contributed by atoms with Crippen molar-refractivity contribution in [1.82, 2.24) is 14.8 Å². The first kappa shape index (κ1) is 36.9. The van der Waals surface area contributed by atoms with Gasteiger partial charge in [-0.1, -0.05) is 76.2 Å². The number of para-hydroxylation sites is 2. The number of hydrogen-bond donors (Lipinski definition) is 3. The number of anilines is 1. The van der Waals surface area contributed by atoms with Gasteiger partial charge in [0.2, 0.25) is 5.91 Å². The molecule has 3 amide bonds. The van der Waals surface area contributed by atoms with E-state index < -0.39 is 0 Å². The number of aromatic nitrogens is 1. The Morgan fingerprint density at radius 1 is 0.956 bits per heavy atom. The van der Waals surface area contributed by atoms with Crippen LogP contribution in [0.1, 0.15) is 69.6 Å². The maximum Gasteiger partial charge on any atom is 0.314 e. The molecule has 244 valence electrons. The fraction of sp³-hybridized carbons (Fsp3) is 0.405. The number of ether oxygens (including phenoxy) is 1. The molecule has 1 aliphatic rings. The molecule has 1 aliphatic heterocycles. The minimum Gasteiger partial charge on any atom is -0.496 e. The predicted octanol–water partition coefficient (Wildman–Crippen LogP) is 7.81. The highest BCUT2D eigenvalue weighted by Crippen LogP contribution is 2.33. The third-order valence-corrected chi connectivity index (χ3v) is 7.39. The topological polar surface area (TPSA) is 104 Å². The predicted molar refractivity (Wildman–Crippen MR) is 188 cm³/mol. The van der Waals surface area contributed by atoms with Gasteiger partial charge < -0.3 is 30.6 Å². The number of aromatic amines is 1. The second-order valence-electron chi connectivity index (χ2n) is 10.7. The third-order valence-electron chi connectivity index (χ3n) is 7.39. The first-order chi connectivity index (χ1) is 21.8. The summed E-state index contributed by atoms with van der Waals surface area (Å²) < 4.78 is 5.37. The number of primary amides is 1. The molecule has 0 bridgehead atoms. The van der Waals surface area contributed by atoms with Crippen molar-refractivity contribution < 1.29 is 14.3 Å². The lowest BCUT2D eigenvalue weighted by Crippen LogP contribution is -2.41.